The Hall–Kier alpha value is -3.56. The fourth-order valence-corrected chi connectivity index (χ4v) is 6.06. The van der Waals surface area contributed by atoms with Crippen LogP contribution in [0.5, 0.6) is 0 Å². The van der Waals surface area contributed by atoms with Crippen LogP contribution in [-0.2, 0) is 16.4 Å². The largest absolute Gasteiger partial charge is 0.478 e. The SMILES string of the molecule is Cc1cc(C(=O)O)cc(-c2ccc(S(=O)(=O)N(C)C[C@H](O)CNC(C)(C)Cc3ccc4ccccc4c3)cc2)c1. The molecule has 210 valence electrons. The predicted octanol–water partition coefficient (Wildman–Crippen LogP) is 5.11. The number of β-amino-alcohol motifs (C(OH)–C–C–N with tert-alkyl or cyclic N) is 1. The van der Waals surface area contributed by atoms with Crippen molar-refractivity contribution in [2.24, 2.45) is 0 Å². The summed E-state index contributed by atoms with van der Waals surface area (Å²) >= 11 is 0. The molecule has 0 aliphatic rings. The number of carboxylic acid groups (broad SMARTS) is 1. The molecule has 0 radical (unpaired) electrons. The summed E-state index contributed by atoms with van der Waals surface area (Å²) in [6.07, 6.45) is -0.156. The van der Waals surface area contributed by atoms with Gasteiger partial charge in [0.2, 0.25) is 10.0 Å². The zero-order valence-corrected chi connectivity index (χ0v) is 24.1. The fraction of sp³-hybridized carbons (Fsp3) is 0.281. The zero-order chi connectivity index (χ0) is 29.1. The molecule has 0 saturated heterocycles. The molecule has 0 aliphatic carbocycles. The lowest BCUT2D eigenvalue weighted by Gasteiger charge is -2.29. The molecule has 3 N–H and O–H groups in total. The Labute approximate surface area is 236 Å². The Morgan fingerprint density at radius 1 is 0.925 bits per heavy atom. The number of carboxylic acids is 1. The number of nitrogens with zero attached hydrogens (tertiary/aromatic N) is 1. The summed E-state index contributed by atoms with van der Waals surface area (Å²) in [6.45, 7) is 6.10. The van der Waals surface area contributed by atoms with Crippen molar-refractivity contribution in [3.8, 4) is 11.1 Å². The molecule has 0 fully saturated rings. The van der Waals surface area contributed by atoms with Crippen molar-refractivity contribution < 1.29 is 23.4 Å². The summed E-state index contributed by atoms with van der Waals surface area (Å²) < 4.78 is 27.5. The monoisotopic (exact) mass is 560 g/mol. The summed E-state index contributed by atoms with van der Waals surface area (Å²) in [5.74, 6) is -1.02. The van der Waals surface area contributed by atoms with Crippen molar-refractivity contribution in [1.82, 2.24) is 9.62 Å². The third kappa shape index (κ3) is 7.14. The molecule has 0 aliphatic heterocycles. The molecule has 4 rings (SSSR count). The molecule has 0 bridgehead atoms. The van der Waals surface area contributed by atoms with Gasteiger partial charge in [-0.25, -0.2) is 13.2 Å². The molecular formula is C32H36N2O5S. The normalized spacial score (nSPS) is 13.1. The number of aromatic carboxylic acids is 1. The quantitative estimate of drug-likeness (QED) is 0.236. The summed E-state index contributed by atoms with van der Waals surface area (Å²) in [7, 11) is -2.38. The second kappa shape index (κ2) is 11.9. The van der Waals surface area contributed by atoms with E-state index in [1.54, 1.807) is 24.3 Å². The van der Waals surface area contributed by atoms with Crippen molar-refractivity contribution in [2.75, 3.05) is 20.1 Å². The van der Waals surface area contributed by atoms with Crippen LogP contribution in [0.1, 0.15) is 35.3 Å². The molecule has 4 aromatic rings. The highest BCUT2D eigenvalue weighted by atomic mass is 32.2. The molecule has 0 aromatic heterocycles. The summed E-state index contributed by atoms with van der Waals surface area (Å²) in [5.41, 5.74) is 3.25. The van der Waals surface area contributed by atoms with E-state index in [9.17, 15) is 23.4 Å². The number of hydrogen-bond donors (Lipinski definition) is 3. The number of sulfonamides is 1. The maximum Gasteiger partial charge on any atom is 0.335 e. The predicted molar refractivity (Wildman–Crippen MR) is 159 cm³/mol. The van der Waals surface area contributed by atoms with Crippen LogP contribution in [-0.4, -0.2) is 60.7 Å². The maximum atomic E-state index is 13.2. The molecule has 0 unspecified atom stereocenters. The summed E-state index contributed by atoms with van der Waals surface area (Å²) in [5, 5.41) is 25.8. The molecule has 8 heteroatoms. The van der Waals surface area contributed by atoms with Gasteiger partial charge in [-0.15, -0.1) is 0 Å². The first-order valence-electron chi connectivity index (χ1n) is 13.2. The first kappa shape index (κ1) is 29.4. The van der Waals surface area contributed by atoms with Gasteiger partial charge in [0.1, 0.15) is 0 Å². The average molecular weight is 561 g/mol. The molecule has 0 heterocycles. The molecule has 0 spiro atoms. The molecule has 0 saturated carbocycles. The molecule has 4 aromatic carbocycles. The summed E-state index contributed by atoms with van der Waals surface area (Å²) in [6, 6.07) is 25.9. The van der Waals surface area contributed by atoms with E-state index >= 15 is 0 Å². The number of nitrogens with one attached hydrogen (secondary N) is 1. The third-order valence-electron chi connectivity index (χ3n) is 6.96. The van der Waals surface area contributed by atoms with Gasteiger partial charge < -0.3 is 15.5 Å². The first-order valence-corrected chi connectivity index (χ1v) is 14.6. The topological polar surface area (TPSA) is 107 Å². The lowest BCUT2D eigenvalue weighted by molar-refractivity contribution is 0.0696. The highest BCUT2D eigenvalue weighted by molar-refractivity contribution is 7.89. The van der Waals surface area contributed by atoms with E-state index in [2.05, 4.69) is 49.5 Å². The van der Waals surface area contributed by atoms with E-state index in [-0.39, 0.29) is 29.1 Å². The second-order valence-corrected chi connectivity index (χ2v) is 13.0. The Morgan fingerprint density at radius 3 is 2.27 bits per heavy atom. The van der Waals surface area contributed by atoms with Crippen LogP contribution in [0.3, 0.4) is 0 Å². The minimum absolute atomic E-state index is 0.0665. The average Bonchev–Trinajstić information content (AvgIpc) is 2.91. The number of aliphatic hydroxyl groups is 1. The maximum absolute atomic E-state index is 13.2. The van der Waals surface area contributed by atoms with E-state index in [4.69, 9.17) is 0 Å². The van der Waals surface area contributed by atoms with Crippen LogP contribution in [0.2, 0.25) is 0 Å². The van der Waals surface area contributed by atoms with Gasteiger partial charge in [-0.1, -0.05) is 60.7 Å². The van der Waals surface area contributed by atoms with E-state index < -0.39 is 22.1 Å². The van der Waals surface area contributed by atoms with Gasteiger partial charge >= 0.3 is 5.97 Å². The van der Waals surface area contributed by atoms with Crippen molar-refractivity contribution in [3.63, 3.8) is 0 Å². The van der Waals surface area contributed by atoms with Crippen LogP contribution in [0, 0.1) is 6.92 Å². The Morgan fingerprint density at radius 2 is 1.60 bits per heavy atom. The van der Waals surface area contributed by atoms with Gasteiger partial charge in [0.15, 0.2) is 0 Å². The molecular weight excluding hydrogens is 524 g/mol. The number of benzene rings is 4. The van der Waals surface area contributed by atoms with Gasteiger partial charge in [0, 0.05) is 25.7 Å². The molecule has 40 heavy (non-hydrogen) atoms. The number of carbonyl (C=O) groups is 1. The van der Waals surface area contributed by atoms with E-state index in [0.717, 1.165) is 16.3 Å². The standard InChI is InChI=1S/C32H36N2O5S/c1-22-15-27(18-28(16-22)31(36)37)25-11-13-30(14-12-25)40(38,39)34(4)21-29(35)20-33-32(2,3)19-23-9-10-24-7-5-6-8-26(24)17-23/h5-18,29,33,35H,19-21H2,1-4H3,(H,36,37)/t29-/m1/s1. The van der Waals surface area contributed by atoms with E-state index in [0.29, 0.717) is 11.1 Å². The van der Waals surface area contributed by atoms with Crippen molar-refractivity contribution in [1.29, 1.82) is 0 Å². The van der Waals surface area contributed by atoms with Crippen LogP contribution in [0.25, 0.3) is 21.9 Å². The Kier molecular flexibility index (Phi) is 8.75. The van der Waals surface area contributed by atoms with Crippen LogP contribution < -0.4 is 5.32 Å². The zero-order valence-electron chi connectivity index (χ0n) is 23.3. The third-order valence-corrected chi connectivity index (χ3v) is 8.80. The van der Waals surface area contributed by atoms with Crippen LogP contribution in [0.15, 0.2) is 89.8 Å². The number of rotatable bonds is 11. The lowest BCUT2D eigenvalue weighted by Crippen LogP contribution is -2.47. The fourth-order valence-electron chi connectivity index (χ4n) is 4.85. The number of aliphatic hydroxyl groups excluding tert-OH is 1. The number of aryl methyl sites for hydroxylation is 1. The summed E-state index contributed by atoms with van der Waals surface area (Å²) in [4.78, 5) is 11.5. The molecule has 0 amide bonds. The number of fused-ring (bicyclic) bond motifs is 1. The van der Waals surface area contributed by atoms with Gasteiger partial charge in [0.25, 0.3) is 0 Å². The second-order valence-electron chi connectivity index (χ2n) is 11.0. The van der Waals surface area contributed by atoms with Crippen molar-refractivity contribution >= 4 is 26.8 Å². The molecule has 7 nitrogen and oxygen atoms in total. The van der Waals surface area contributed by atoms with Gasteiger partial charge in [0.05, 0.1) is 16.6 Å². The van der Waals surface area contributed by atoms with Crippen molar-refractivity contribution in [2.45, 2.75) is 43.7 Å². The smallest absolute Gasteiger partial charge is 0.335 e. The Bertz CT molecular complexity index is 1610. The lowest BCUT2D eigenvalue weighted by atomic mass is 9.93. The highest BCUT2D eigenvalue weighted by Gasteiger charge is 2.25. The van der Waals surface area contributed by atoms with E-state index in [1.807, 2.05) is 25.1 Å². The van der Waals surface area contributed by atoms with Gasteiger partial charge in [-0.05, 0) is 84.5 Å². The van der Waals surface area contributed by atoms with Gasteiger partial charge in [-0.3, -0.25) is 0 Å². The minimum Gasteiger partial charge on any atom is -0.478 e. The van der Waals surface area contributed by atoms with Crippen molar-refractivity contribution in [3.05, 3.63) is 102 Å². The first-order chi connectivity index (χ1) is 18.8. The number of likely N-dealkylation sites (N-methyl/N-ethyl adjacent to an activating group) is 1. The van der Waals surface area contributed by atoms with Crippen LogP contribution in [0.4, 0.5) is 0 Å². The van der Waals surface area contributed by atoms with Gasteiger partial charge in [-0.2, -0.15) is 4.31 Å². The highest BCUT2D eigenvalue weighted by Crippen LogP contribution is 2.25. The minimum atomic E-state index is -3.83. The van der Waals surface area contributed by atoms with Crippen LogP contribution >= 0.6 is 0 Å². The molecule has 1 atom stereocenters. The Balaban J connectivity index is 1.36. The van der Waals surface area contributed by atoms with E-state index in [1.165, 1.54) is 35.5 Å². The number of hydrogen-bond acceptors (Lipinski definition) is 5.